The standard InChI is InChI=1S/C18H30N2O/c1-14-7-5-6-8-15(14)13-20-17(21)10-9-16(11-12-19)18(2,3)4/h5-8,16H,9-13,19H2,1-4H3,(H,20,21). The summed E-state index contributed by atoms with van der Waals surface area (Å²) in [6.45, 7) is 10.0. The normalized spacial score (nSPS) is 13.0. The number of rotatable bonds is 7. The number of benzene rings is 1. The van der Waals surface area contributed by atoms with Crippen molar-refractivity contribution in [2.24, 2.45) is 17.1 Å². The first-order valence-electron chi connectivity index (χ1n) is 7.86. The molecular weight excluding hydrogens is 260 g/mol. The van der Waals surface area contributed by atoms with Gasteiger partial charge < -0.3 is 11.1 Å². The predicted octanol–water partition coefficient (Wildman–Crippen LogP) is 3.40. The number of hydrogen-bond donors (Lipinski definition) is 2. The maximum atomic E-state index is 12.0. The lowest BCUT2D eigenvalue weighted by molar-refractivity contribution is -0.121. The first kappa shape index (κ1) is 17.7. The second-order valence-corrected chi connectivity index (χ2v) is 6.88. The van der Waals surface area contributed by atoms with Crippen molar-refractivity contribution in [1.82, 2.24) is 5.32 Å². The van der Waals surface area contributed by atoms with Gasteiger partial charge in [0.25, 0.3) is 0 Å². The highest BCUT2D eigenvalue weighted by molar-refractivity contribution is 5.75. The molecule has 0 heterocycles. The molecule has 1 amide bonds. The van der Waals surface area contributed by atoms with Crippen LogP contribution in [-0.2, 0) is 11.3 Å². The summed E-state index contributed by atoms with van der Waals surface area (Å²) in [6, 6.07) is 8.15. The molecule has 1 rings (SSSR count). The van der Waals surface area contributed by atoms with Crippen molar-refractivity contribution in [3.63, 3.8) is 0 Å². The molecule has 1 aromatic rings. The van der Waals surface area contributed by atoms with Gasteiger partial charge in [-0.15, -0.1) is 0 Å². The fraction of sp³-hybridized carbons (Fsp3) is 0.611. The quantitative estimate of drug-likeness (QED) is 0.808. The molecule has 0 spiro atoms. The average molecular weight is 290 g/mol. The highest BCUT2D eigenvalue weighted by Crippen LogP contribution is 2.31. The second kappa shape index (κ2) is 8.18. The Balaban J connectivity index is 2.41. The van der Waals surface area contributed by atoms with Gasteiger partial charge in [-0.1, -0.05) is 45.0 Å². The van der Waals surface area contributed by atoms with Gasteiger partial charge in [-0.3, -0.25) is 4.79 Å². The number of hydrogen-bond acceptors (Lipinski definition) is 2. The molecule has 118 valence electrons. The third kappa shape index (κ3) is 6.30. The van der Waals surface area contributed by atoms with Gasteiger partial charge in [-0.2, -0.15) is 0 Å². The van der Waals surface area contributed by atoms with Crippen molar-refractivity contribution in [2.45, 2.75) is 53.5 Å². The Kier molecular flexibility index (Phi) is 6.90. The minimum Gasteiger partial charge on any atom is -0.352 e. The minimum absolute atomic E-state index is 0.129. The maximum Gasteiger partial charge on any atom is 0.220 e. The summed E-state index contributed by atoms with van der Waals surface area (Å²) in [5.41, 5.74) is 8.28. The zero-order valence-electron chi connectivity index (χ0n) is 13.9. The van der Waals surface area contributed by atoms with E-state index in [4.69, 9.17) is 5.73 Å². The molecule has 0 bridgehead atoms. The van der Waals surface area contributed by atoms with E-state index in [1.54, 1.807) is 0 Å². The van der Waals surface area contributed by atoms with Crippen molar-refractivity contribution in [3.8, 4) is 0 Å². The summed E-state index contributed by atoms with van der Waals surface area (Å²) in [5.74, 6) is 0.622. The van der Waals surface area contributed by atoms with Gasteiger partial charge in [0.15, 0.2) is 0 Å². The number of aryl methyl sites for hydroxylation is 1. The van der Waals surface area contributed by atoms with Crippen molar-refractivity contribution in [2.75, 3.05) is 6.54 Å². The Labute approximate surface area is 129 Å². The summed E-state index contributed by atoms with van der Waals surface area (Å²) >= 11 is 0. The zero-order valence-corrected chi connectivity index (χ0v) is 13.9. The van der Waals surface area contributed by atoms with E-state index in [9.17, 15) is 4.79 Å². The van der Waals surface area contributed by atoms with E-state index in [1.165, 1.54) is 11.1 Å². The molecule has 0 radical (unpaired) electrons. The van der Waals surface area contributed by atoms with Crippen LogP contribution in [0.3, 0.4) is 0 Å². The highest BCUT2D eigenvalue weighted by Gasteiger charge is 2.24. The number of nitrogens with one attached hydrogen (secondary N) is 1. The Morgan fingerprint density at radius 1 is 1.24 bits per heavy atom. The second-order valence-electron chi connectivity index (χ2n) is 6.88. The third-order valence-corrected chi connectivity index (χ3v) is 4.20. The number of carbonyl (C=O) groups excluding carboxylic acids is 1. The van der Waals surface area contributed by atoms with Crippen LogP contribution < -0.4 is 11.1 Å². The van der Waals surface area contributed by atoms with E-state index in [1.807, 2.05) is 12.1 Å². The first-order valence-corrected chi connectivity index (χ1v) is 7.86. The lowest BCUT2D eigenvalue weighted by Crippen LogP contribution is -2.27. The SMILES string of the molecule is Cc1ccccc1CNC(=O)CCC(CCN)C(C)(C)C. The largest absolute Gasteiger partial charge is 0.352 e. The molecule has 0 fully saturated rings. The van der Waals surface area contributed by atoms with E-state index in [0.717, 1.165) is 12.8 Å². The fourth-order valence-corrected chi connectivity index (χ4v) is 2.61. The van der Waals surface area contributed by atoms with Crippen LogP contribution in [0.2, 0.25) is 0 Å². The lowest BCUT2D eigenvalue weighted by Gasteiger charge is -2.30. The zero-order chi connectivity index (χ0) is 15.9. The van der Waals surface area contributed by atoms with Gasteiger partial charge in [0, 0.05) is 13.0 Å². The van der Waals surface area contributed by atoms with Gasteiger partial charge in [-0.25, -0.2) is 0 Å². The predicted molar refractivity (Wildman–Crippen MR) is 88.9 cm³/mol. The Morgan fingerprint density at radius 3 is 2.48 bits per heavy atom. The maximum absolute atomic E-state index is 12.0. The monoisotopic (exact) mass is 290 g/mol. The van der Waals surface area contributed by atoms with Crippen molar-refractivity contribution in [1.29, 1.82) is 0 Å². The molecular formula is C18H30N2O. The van der Waals surface area contributed by atoms with E-state index in [0.29, 0.717) is 25.4 Å². The Hall–Kier alpha value is -1.35. The highest BCUT2D eigenvalue weighted by atomic mass is 16.1. The van der Waals surface area contributed by atoms with Gasteiger partial charge in [0.05, 0.1) is 0 Å². The van der Waals surface area contributed by atoms with Crippen LogP contribution in [0.15, 0.2) is 24.3 Å². The summed E-state index contributed by atoms with van der Waals surface area (Å²) in [6.07, 6.45) is 2.46. The van der Waals surface area contributed by atoms with Crippen LogP contribution in [0.4, 0.5) is 0 Å². The molecule has 21 heavy (non-hydrogen) atoms. The summed E-state index contributed by atoms with van der Waals surface area (Å²) < 4.78 is 0. The van der Waals surface area contributed by atoms with Gasteiger partial charge in [0.2, 0.25) is 5.91 Å². The van der Waals surface area contributed by atoms with Crippen molar-refractivity contribution in [3.05, 3.63) is 35.4 Å². The van der Waals surface area contributed by atoms with Crippen LogP contribution in [0.1, 0.15) is 51.2 Å². The fourth-order valence-electron chi connectivity index (χ4n) is 2.61. The minimum atomic E-state index is 0.129. The number of carbonyl (C=O) groups is 1. The molecule has 0 saturated heterocycles. The molecule has 1 atom stereocenters. The van der Waals surface area contributed by atoms with E-state index in [-0.39, 0.29) is 11.3 Å². The molecule has 0 aliphatic rings. The Morgan fingerprint density at radius 2 is 1.90 bits per heavy atom. The Bertz CT molecular complexity index is 449. The number of amides is 1. The lowest BCUT2D eigenvalue weighted by atomic mass is 9.76. The van der Waals surface area contributed by atoms with Crippen molar-refractivity contribution >= 4 is 5.91 Å². The van der Waals surface area contributed by atoms with Crippen LogP contribution in [0.25, 0.3) is 0 Å². The van der Waals surface area contributed by atoms with Crippen LogP contribution in [0.5, 0.6) is 0 Å². The summed E-state index contributed by atoms with van der Waals surface area (Å²) in [7, 11) is 0. The molecule has 1 unspecified atom stereocenters. The summed E-state index contributed by atoms with van der Waals surface area (Å²) in [4.78, 5) is 12.0. The molecule has 0 aliphatic heterocycles. The van der Waals surface area contributed by atoms with E-state index in [2.05, 4.69) is 45.1 Å². The van der Waals surface area contributed by atoms with Crippen LogP contribution in [-0.4, -0.2) is 12.5 Å². The molecule has 0 aliphatic carbocycles. The molecule has 0 saturated carbocycles. The van der Waals surface area contributed by atoms with E-state index >= 15 is 0 Å². The topological polar surface area (TPSA) is 55.1 Å². The van der Waals surface area contributed by atoms with Gasteiger partial charge >= 0.3 is 0 Å². The van der Waals surface area contributed by atoms with E-state index < -0.39 is 0 Å². The van der Waals surface area contributed by atoms with Crippen molar-refractivity contribution < 1.29 is 4.79 Å². The van der Waals surface area contributed by atoms with Crippen LogP contribution in [0, 0.1) is 18.3 Å². The third-order valence-electron chi connectivity index (χ3n) is 4.20. The first-order chi connectivity index (χ1) is 9.84. The average Bonchev–Trinajstić information content (AvgIpc) is 2.41. The summed E-state index contributed by atoms with van der Waals surface area (Å²) in [5, 5.41) is 3.02. The smallest absolute Gasteiger partial charge is 0.220 e. The van der Waals surface area contributed by atoms with Gasteiger partial charge in [-0.05, 0) is 48.8 Å². The molecule has 3 N–H and O–H groups in total. The number of nitrogens with two attached hydrogens (primary N) is 1. The van der Waals surface area contributed by atoms with Gasteiger partial charge in [0.1, 0.15) is 0 Å². The molecule has 0 aromatic heterocycles. The van der Waals surface area contributed by atoms with Crippen LogP contribution >= 0.6 is 0 Å². The molecule has 1 aromatic carbocycles. The molecule has 3 nitrogen and oxygen atoms in total. The molecule has 3 heteroatoms.